The zero-order valence-corrected chi connectivity index (χ0v) is 13.8. The van der Waals surface area contributed by atoms with E-state index >= 15 is 0 Å². The molecule has 2 rings (SSSR count). The molecule has 2 heterocycles. The van der Waals surface area contributed by atoms with E-state index in [2.05, 4.69) is 10.3 Å². The van der Waals surface area contributed by atoms with Gasteiger partial charge in [-0.15, -0.1) is 11.3 Å². The van der Waals surface area contributed by atoms with Gasteiger partial charge in [-0.05, 0) is 20.3 Å². The van der Waals surface area contributed by atoms with Crippen molar-refractivity contribution in [2.75, 3.05) is 18.8 Å². The Morgan fingerprint density at radius 1 is 1.50 bits per heavy atom. The fourth-order valence-electron chi connectivity index (χ4n) is 2.18. The first-order valence-corrected chi connectivity index (χ1v) is 9.11. The third-order valence-electron chi connectivity index (χ3n) is 3.28. The number of thiazole rings is 1. The summed E-state index contributed by atoms with van der Waals surface area (Å²) in [5.74, 6) is -1.41. The number of hydrogen-bond donors (Lipinski definition) is 2. The Morgan fingerprint density at radius 2 is 2.18 bits per heavy atom. The molecule has 0 aromatic carbocycles. The van der Waals surface area contributed by atoms with E-state index in [0.29, 0.717) is 23.7 Å². The van der Waals surface area contributed by atoms with Crippen molar-refractivity contribution in [2.24, 2.45) is 0 Å². The molecule has 0 bridgehead atoms. The van der Waals surface area contributed by atoms with Gasteiger partial charge in [0.2, 0.25) is 15.9 Å². The molecule has 0 radical (unpaired) electrons. The Bertz CT molecular complexity index is 698. The Hall–Kier alpha value is -1.52. The maximum Gasteiger partial charge on any atom is 0.347 e. The Labute approximate surface area is 132 Å². The molecular weight excluding hydrogens is 330 g/mol. The van der Waals surface area contributed by atoms with E-state index in [4.69, 9.17) is 5.11 Å². The molecule has 1 amide bonds. The molecule has 0 spiro atoms. The minimum Gasteiger partial charge on any atom is -0.477 e. The third-order valence-corrected chi connectivity index (χ3v) is 6.51. The second-order valence-corrected chi connectivity index (χ2v) is 8.18. The van der Waals surface area contributed by atoms with Crippen LogP contribution in [-0.4, -0.2) is 53.5 Å². The van der Waals surface area contributed by atoms with Gasteiger partial charge in [0.05, 0.1) is 24.0 Å². The van der Waals surface area contributed by atoms with Crippen LogP contribution in [0, 0.1) is 6.92 Å². The van der Waals surface area contributed by atoms with Crippen LogP contribution < -0.4 is 5.32 Å². The summed E-state index contributed by atoms with van der Waals surface area (Å²) >= 11 is 1.00. The maximum absolute atomic E-state index is 11.9. The predicted molar refractivity (Wildman–Crippen MR) is 80.3 cm³/mol. The zero-order valence-electron chi connectivity index (χ0n) is 12.2. The van der Waals surface area contributed by atoms with Crippen LogP contribution in [-0.2, 0) is 14.8 Å². The van der Waals surface area contributed by atoms with Crippen LogP contribution in [0.5, 0.6) is 0 Å². The molecule has 10 heteroatoms. The number of aromatic nitrogens is 1. The predicted octanol–water partition coefficient (Wildman–Crippen LogP) is 0.362. The highest BCUT2D eigenvalue weighted by Gasteiger charge is 2.30. The molecule has 2 N–H and O–H groups in total. The average Bonchev–Trinajstić information content (AvgIpc) is 2.93. The largest absolute Gasteiger partial charge is 0.477 e. The molecule has 1 aliphatic rings. The van der Waals surface area contributed by atoms with Gasteiger partial charge >= 0.3 is 5.97 Å². The van der Waals surface area contributed by atoms with Crippen molar-refractivity contribution in [1.82, 2.24) is 14.6 Å². The molecule has 0 saturated carbocycles. The smallest absolute Gasteiger partial charge is 0.347 e. The van der Waals surface area contributed by atoms with Gasteiger partial charge in [-0.1, -0.05) is 0 Å². The highest BCUT2D eigenvalue weighted by molar-refractivity contribution is 7.89. The van der Waals surface area contributed by atoms with Gasteiger partial charge in [0.25, 0.3) is 0 Å². The summed E-state index contributed by atoms with van der Waals surface area (Å²) < 4.78 is 24.5. The lowest BCUT2D eigenvalue weighted by Gasteiger charge is -2.16. The van der Waals surface area contributed by atoms with E-state index in [0.717, 1.165) is 15.6 Å². The van der Waals surface area contributed by atoms with Gasteiger partial charge < -0.3 is 10.4 Å². The zero-order chi connectivity index (χ0) is 16.5. The van der Waals surface area contributed by atoms with E-state index < -0.39 is 27.9 Å². The second kappa shape index (κ2) is 6.31. The first kappa shape index (κ1) is 16.8. The summed E-state index contributed by atoms with van der Waals surface area (Å²) in [7, 11) is -3.31. The number of aryl methyl sites for hydroxylation is 1. The molecule has 0 aliphatic carbocycles. The number of sulfonamides is 1. The minimum atomic E-state index is -3.31. The van der Waals surface area contributed by atoms with Crippen LogP contribution in [0.15, 0.2) is 0 Å². The molecular formula is C12H17N3O5S2. The monoisotopic (exact) mass is 347 g/mol. The van der Waals surface area contributed by atoms with Crippen LogP contribution in [0.1, 0.15) is 39.8 Å². The van der Waals surface area contributed by atoms with Crippen LogP contribution in [0.3, 0.4) is 0 Å². The van der Waals surface area contributed by atoms with Crippen LogP contribution in [0.25, 0.3) is 0 Å². The van der Waals surface area contributed by atoms with E-state index in [1.807, 2.05) is 0 Å². The quantitative estimate of drug-likeness (QED) is 0.794. The number of rotatable bonds is 5. The number of carboxylic acids is 1. The number of nitrogens with zero attached hydrogens (tertiary/aromatic N) is 2. The second-order valence-electron chi connectivity index (χ2n) is 5.06. The lowest BCUT2D eigenvalue weighted by Crippen LogP contribution is -2.39. The molecule has 1 unspecified atom stereocenters. The van der Waals surface area contributed by atoms with Crippen LogP contribution >= 0.6 is 11.3 Å². The number of aromatic carboxylic acids is 1. The molecule has 8 nitrogen and oxygen atoms in total. The topological polar surface area (TPSA) is 117 Å². The number of hydrogen-bond acceptors (Lipinski definition) is 6. The molecule has 1 aliphatic heterocycles. The number of nitrogens with one attached hydrogen (secondary N) is 1. The lowest BCUT2D eigenvalue weighted by molar-refractivity contribution is -0.121. The molecule has 122 valence electrons. The summed E-state index contributed by atoms with van der Waals surface area (Å²) in [6, 6.07) is -0.477. The molecule has 1 aromatic heterocycles. The molecule has 1 fully saturated rings. The molecule has 22 heavy (non-hydrogen) atoms. The standard InChI is InChI=1S/C12H17N3O5S2/c1-7-10(12(17)18)21-11(14-7)8(2)13-9(16)6-15-4-3-5-22(15,19)20/h8H,3-6H2,1-2H3,(H,13,16)(H,17,18). The van der Waals surface area contributed by atoms with Crippen molar-refractivity contribution in [2.45, 2.75) is 26.3 Å². The summed E-state index contributed by atoms with van der Waals surface area (Å²) in [6.45, 7) is 3.40. The fraction of sp³-hybridized carbons (Fsp3) is 0.583. The van der Waals surface area contributed by atoms with Crippen molar-refractivity contribution >= 4 is 33.2 Å². The molecule has 1 saturated heterocycles. The van der Waals surface area contributed by atoms with Gasteiger partial charge in [0.15, 0.2) is 0 Å². The van der Waals surface area contributed by atoms with E-state index in [9.17, 15) is 18.0 Å². The summed E-state index contributed by atoms with van der Waals surface area (Å²) in [5.41, 5.74) is 0.399. The van der Waals surface area contributed by atoms with Gasteiger partial charge in [-0.25, -0.2) is 18.2 Å². The minimum absolute atomic E-state index is 0.0729. The van der Waals surface area contributed by atoms with Crippen LogP contribution in [0.4, 0.5) is 0 Å². The number of amides is 1. The number of carbonyl (C=O) groups excluding carboxylic acids is 1. The van der Waals surface area contributed by atoms with Gasteiger partial charge in [0, 0.05) is 6.54 Å². The van der Waals surface area contributed by atoms with Crippen molar-refractivity contribution in [3.63, 3.8) is 0 Å². The van der Waals surface area contributed by atoms with Crippen molar-refractivity contribution in [3.8, 4) is 0 Å². The number of carbonyl (C=O) groups is 2. The number of carboxylic acid groups (broad SMARTS) is 1. The van der Waals surface area contributed by atoms with Crippen LogP contribution in [0.2, 0.25) is 0 Å². The SMILES string of the molecule is Cc1nc(C(C)NC(=O)CN2CCCS2(=O)=O)sc1C(=O)O. The fourth-order valence-corrected chi connectivity index (χ4v) is 4.56. The first-order chi connectivity index (χ1) is 10.2. The lowest BCUT2D eigenvalue weighted by atomic mass is 10.3. The Balaban J connectivity index is 1.99. The van der Waals surface area contributed by atoms with E-state index in [1.165, 1.54) is 0 Å². The maximum atomic E-state index is 11.9. The van der Waals surface area contributed by atoms with Gasteiger partial charge in [0.1, 0.15) is 9.88 Å². The average molecular weight is 347 g/mol. The molecule has 1 atom stereocenters. The third kappa shape index (κ3) is 3.62. The van der Waals surface area contributed by atoms with E-state index in [-0.39, 0.29) is 17.2 Å². The summed E-state index contributed by atoms with van der Waals surface area (Å²) in [4.78, 5) is 27.2. The normalized spacial score (nSPS) is 19.0. The summed E-state index contributed by atoms with van der Waals surface area (Å²) in [5, 5.41) is 12.1. The van der Waals surface area contributed by atoms with Crippen molar-refractivity contribution in [1.29, 1.82) is 0 Å². The molecule has 1 aromatic rings. The van der Waals surface area contributed by atoms with Gasteiger partial charge in [-0.3, -0.25) is 4.79 Å². The summed E-state index contributed by atoms with van der Waals surface area (Å²) in [6.07, 6.45) is 0.527. The Kier molecular flexibility index (Phi) is 4.83. The highest BCUT2D eigenvalue weighted by atomic mass is 32.2. The van der Waals surface area contributed by atoms with Crippen molar-refractivity contribution < 1.29 is 23.1 Å². The van der Waals surface area contributed by atoms with Gasteiger partial charge in [-0.2, -0.15) is 4.31 Å². The first-order valence-electron chi connectivity index (χ1n) is 6.68. The van der Waals surface area contributed by atoms with E-state index in [1.54, 1.807) is 13.8 Å². The Morgan fingerprint density at radius 3 is 2.68 bits per heavy atom. The highest BCUT2D eigenvalue weighted by Crippen LogP contribution is 2.23. The van der Waals surface area contributed by atoms with Crippen molar-refractivity contribution in [3.05, 3.63) is 15.6 Å².